The van der Waals surface area contributed by atoms with E-state index in [1.54, 1.807) is 12.1 Å². The molecule has 0 saturated heterocycles. The minimum Gasteiger partial charge on any atom is -0.293 e. The number of thioether (sulfide) groups is 1. The number of hydrogen-bond acceptors (Lipinski definition) is 5. The second-order valence-electron chi connectivity index (χ2n) is 7.37. The minimum absolute atomic E-state index is 0.152. The van der Waals surface area contributed by atoms with Crippen LogP contribution in [0, 0.1) is 10.8 Å². The highest BCUT2D eigenvalue weighted by Gasteiger charge is 2.39. The monoisotopic (exact) mass is 445 g/mol. The van der Waals surface area contributed by atoms with Gasteiger partial charge < -0.3 is 0 Å². The Morgan fingerprint density at radius 3 is 2.68 bits per heavy atom. The van der Waals surface area contributed by atoms with E-state index < -0.39 is 22.5 Å². The molecule has 0 aliphatic heterocycles. The van der Waals surface area contributed by atoms with Crippen LogP contribution >= 0.6 is 23.4 Å². The molecule has 0 amide bonds. The molecule has 2 saturated carbocycles. The van der Waals surface area contributed by atoms with Gasteiger partial charge in [0.05, 0.1) is 21.1 Å². The summed E-state index contributed by atoms with van der Waals surface area (Å²) in [5.41, 5.74) is 1.01. The minimum atomic E-state index is -2.95. The predicted octanol–water partition coefficient (Wildman–Crippen LogP) is 4.49. The standard InChI is InChI=1S/C17H18ClF2N5OS2/c1-17(4-5-17)24-28(26)9-6-10(18)12-11(7-9)25(23-13(12)8-2-3-8)16(22)27-15(21)14(19)20/h6-8,14,21-22,24H,2-5H2,1H3. The van der Waals surface area contributed by atoms with Crippen molar-refractivity contribution in [2.24, 2.45) is 0 Å². The second kappa shape index (κ2) is 7.16. The lowest BCUT2D eigenvalue weighted by Crippen LogP contribution is -2.29. The lowest BCUT2D eigenvalue weighted by atomic mass is 10.1. The summed E-state index contributed by atoms with van der Waals surface area (Å²) in [6.45, 7) is 1.99. The maximum Gasteiger partial charge on any atom is 0.286 e. The maximum absolute atomic E-state index is 12.7. The molecule has 0 spiro atoms. The third-order valence-electron chi connectivity index (χ3n) is 4.85. The first kappa shape index (κ1) is 19.9. The number of rotatable bonds is 5. The van der Waals surface area contributed by atoms with Crippen molar-refractivity contribution >= 4 is 55.5 Å². The van der Waals surface area contributed by atoms with Crippen LogP contribution in [0.3, 0.4) is 0 Å². The molecular weight excluding hydrogens is 428 g/mol. The van der Waals surface area contributed by atoms with Gasteiger partial charge in [0, 0.05) is 16.8 Å². The molecule has 4 rings (SSSR count). The first-order valence-corrected chi connectivity index (χ1v) is 11.1. The first-order chi connectivity index (χ1) is 13.2. The summed E-state index contributed by atoms with van der Waals surface area (Å²) in [5, 5.41) is 19.7. The number of hydrogen-bond donors (Lipinski definition) is 3. The summed E-state index contributed by atoms with van der Waals surface area (Å²) < 4.78 is 42.4. The number of nitrogens with zero attached hydrogens (tertiary/aromatic N) is 2. The maximum atomic E-state index is 12.7. The number of fused-ring (bicyclic) bond motifs is 1. The van der Waals surface area contributed by atoms with E-state index in [0.29, 0.717) is 38.3 Å². The molecule has 1 heterocycles. The SMILES string of the molecule is CC1(NS(=O)c2cc(Cl)c3c(C4CC4)nn(C(=N)SC(=N)C(F)F)c3c2)CC1. The molecule has 1 aromatic heterocycles. The van der Waals surface area contributed by atoms with Gasteiger partial charge in [-0.2, -0.15) is 5.10 Å². The van der Waals surface area contributed by atoms with Gasteiger partial charge in [0.25, 0.3) is 6.43 Å². The van der Waals surface area contributed by atoms with Gasteiger partial charge in [0.1, 0.15) is 16.0 Å². The summed E-state index contributed by atoms with van der Waals surface area (Å²) in [7, 11) is -1.50. The highest BCUT2D eigenvalue weighted by Crippen LogP contribution is 2.45. The van der Waals surface area contributed by atoms with Crippen LogP contribution in [0.2, 0.25) is 5.02 Å². The molecule has 2 fully saturated rings. The fourth-order valence-corrected chi connectivity index (χ4v) is 4.98. The van der Waals surface area contributed by atoms with Gasteiger partial charge in [0.2, 0.25) is 0 Å². The third-order valence-corrected chi connectivity index (χ3v) is 7.25. The molecule has 3 N–H and O–H groups in total. The number of halogens is 3. The highest BCUT2D eigenvalue weighted by atomic mass is 35.5. The number of alkyl halides is 2. The molecule has 2 aromatic rings. The fourth-order valence-electron chi connectivity index (χ4n) is 2.87. The molecule has 28 heavy (non-hydrogen) atoms. The molecular formula is C17H18ClF2N5OS2. The van der Waals surface area contributed by atoms with Crippen LogP contribution in [0.25, 0.3) is 10.9 Å². The van der Waals surface area contributed by atoms with Gasteiger partial charge in [0.15, 0.2) is 5.17 Å². The Kier molecular flexibility index (Phi) is 5.09. The Morgan fingerprint density at radius 1 is 1.43 bits per heavy atom. The summed E-state index contributed by atoms with van der Waals surface area (Å²) in [6, 6.07) is 3.27. The van der Waals surface area contributed by atoms with E-state index in [0.717, 1.165) is 25.7 Å². The van der Waals surface area contributed by atoms with E-state index in [1.165, 1.54) is 4.68 Å². The van der Waals surface area contributed by atoms with Crippen LogP contribution in [-0.4, -0.2) is 36.2 Å². The molecule has 0 radical (unpaired) electrons. The lowest BCUT2D eigenvalue weighted by Gasteiger charge is -2.12. The fraction of sp³-hybridized carbons (Fsp3) is 0.471. The zero-order chi connectivity index (χ0) is 20.2. The van der Waals surface area contributed by atoms with Crippen molar-refractivity contribution < 1.29 is 13.0 Å². The van der Waals surface area contributed by atoms with E-state index in [2.05, 4.69) is 9.82 Å². The molecule has 1 aromatic carbocycles. The van der Waals surface area contributed by atoms with Gasteiger partial charge in [-0.25, -0.2) is 22.4 Å². The molecule has 0 bridgehead atoms. The predicted molar refractivity (Wildman–Crippen MR) is 108 cm³/mol. The van der Waals surface area contributed by atoms with Crippen LogP contribution in [-0.2, 0) is 11.0 Å². The van der Waals surface area contributed by atoms with Crippen molar-refractivity contribution in [3.8, 4) is 0 Å². The molecule has 11 heteroatoms. The Balaban J connectivity index is 1.76. The van der Waals surface area contributed by atoms with Gasteiger partial charge in [-0.1, -0.05) is 11.6 Å². The third kappa shape index (κ3) is 3.87. The smallest absolute Gasteiger partial charge is 0.286 e. The Hall–Kier alpha value is -1.36. The Bertz CT molecular complexity index is 1020. The van der Waals surface area contributed by atoms with Crippen LogP contribution in [0.1, 0.15) is 44.2 Å². The van der Waals surface area contributed by atoms with Crippen molar-refractivity contribution in [2.45, 2.75) is 55.4 Å². The van der Waals surface area contributed by atoms with E-state index in [1.807, 2.05) is 6.92 Å². The van der Waals surface area contributed by atoms with Gasteiger partial charge in [-0.15, -0.1) is 0 Å². The molecule has 1 atom stereocenters. The topological polar surface area (TPSA) is 94.6 Å². The average molecular weight is 446 g/mol. The molecule has 2 aliphatic rings. The van der Waals surface area contributed by atoms with Gasteiger partial charge >= 0.3 is 0 Å². The van der Waals surface area contributed by atoms with Crippen molar-refractivity contribution in [3.63, 3.8) is 0 Å². The summed E-state index contributed by atoms with van der Waals surface area (Å²) in [5.74, 6) is 0.216. The van der Waals surface area contributed by atoms with Crippen molar-refractivity contribution in [1.82, 2.24) is 14.5 Å². The van der Waals surface area contributed by atoms with E-state index in [-0.39, 0.29) is 16.6 Å². The van der Waals surface area contributed by atoms with Gasteiger partial charge in [-0.05, 0) is 56.5 Å². The quantitative estimate of drug-likeness (QED) is 0.467. The van der Waals surface area contributed by atoms with Crippen LogP contribution < -0.4 is 4.72 Å². The van der Waals surface area contributed by atoms with Crippen LogP contribution in [0.5, 0.6) is 0 Å². The van der Waals surface area contributed by atoms with Crippen LogP contribution in [0.4, 0.5) is 8.78 Å². The zero-order valence-electron chi connectivity index (χ0n) is 14.9. The lowest BCUT2D eigenvalue weighted by molar-refractivity contribution is 0.228. The Morgan fingerprint density at radius 2 is 2.11 bits per heavy atom. The van der Waals surface area contributed by atoms with E-state index >= 15 is 0 Å². The first-order valence-electron chi connectivity index (χ1n) is 8.74. The summed E-state index contributed by atoms with van der Waals surface area (Å²) >= 11 is 6.83. The largest absolute Gasteiger partial charge is 0.293 e. The average Bonchev–Trinajstić information content (AvgIpc) is 3.54. The normalized spacial score (nSPS) is 19.2. The zero-order valence-corrected chi connectivity index (χ0v) is 17.3. The Labute approximate surface area is 172 Å². The van der Waals surface area contributed by atoms with Crippen LogP contribution in [0.15, 0.2) is 17.0 Å². The molecule has 1 unspecified atom stereocenters. The number of nitrogens with one attached hydrogen (secondary N) is 3. The summed E-state index contributed by atoms with van der Waals surface area (Å²) in [4.78, 5) is 0.441. The van der Waals surface area contributed by atoms with Crippen molar-refractivity contribution in [3.05, 3.63) is 22.8 Å². The highest BCUT2D eigenvalue weighted by molar-refractivity contribution is 8.26. The van der Waals surface area contributed by atoms with Crippen molar-refractivity contribution in [2.75, 3.05) is 0 Å². The second-order valence-corrected chi connectivity index (χ2v) is 10.0. The van der Waals surface area contributed by atoms with Crippen molar-refractivity contribution in [1.29, 1.82) is 10.8 Å². The molecule has 6 nitrogen and oxygen atoms in total. The summed E-state index contributed by atoms with van der Waals surface area (Å²) in [6.07, 6.45) is 0.822. The molecule has 2 aliphatic carbocycles. The van der Waals surface area contributed by atoms with E-state index in [4.69, 9.17) is 22.4 Å². The number of benzene rings is 1. The van der Waals surface area contributed by atoms with E-state index in [9.17, 15) is 13.0 Å². The molecule has 150 valence electrons. The number of aromatic nitrogens is 2. The van der Waals surface area contributed by atoms with Gasteiger partial charge in [-0.3, -0.25) is 10.8 Å².